The smallest absolute Gasteiger partial charge is 0.545 e. The zero-order valence-corrected chi connectivity index (χ0v) is 20.9. The number of benzene rings is 5. The molecule has 0 saturated heterocycles. The van der Waals surface area contributed by atoms with Gasteiger partial charge in [-0.1, -0.05) is 96.5 Å². The molecule has 0 fully saturated rings. The SMILES string of the molecule is O=C([O-])c1ccc(C#Cc2c3ccccc3c(C#Cc3ccc(C(=O)[O-])cc3)c3ccccc23)cc1.[Li+].[Li+]. The molecule has 38 heavy (non-hydrogen) atoms. The monoisotopic (exact) mass is 478 g/mol. The predicted octanol–water partition coefficient (Wildman–Crippen LogP) is -2.47. The molecule has 0 aliphatic heterocycles. The Balaban J connectivity index is 0.00000200. The van der Waals surface area contributed by atoms with Gasteiger partial charge in [0.25, 0.3) is 0 Å². The Bertz CT molecular complexity index is 1590. The van der Waals surface area contributed by atoms with Gasteiger partial charge in [-0.2, -0.15) is 0 Å². The van der Waals surface area contributed by atoms with E-state index < -0.39 is 11.9 Å². The standard InChI is InChI=1S/C32H18O4.2Li/c33-31(34)23-15-9-21(10-16-23)13-19-29-25-5-1-2-6-26(25)30(28-8-4-3-7-27(28)29)20-14-22-11-17-24(18-12-22)32(35)36;;/h1-12,15-18H,(H,33,34)(H,35,36);;/q;2*+1/p-2. The van der Waals surface area contributed by atoms with Crippen molar-refractivity contribution >= 4 is 33.5 Å². The van der Waals surface area contributed by atoms with E-state index in [9.17, 15) is 19.8 Å². The van der Waals surface area contributed by atoms with E-state index in [4.69, 9.17) is 0 Å². The number of rotatable bonds is 2. The first-order chi connectivity index (χ1) is 17.5. The topological polar surface area (TPSA) is 80.3 Å². The molecule has 0 unspecified atom stereocenters. The Morgan fingerprint density at radius 2 is 0.737 bits per heavy atom. The van der Waals surface area contributed by atoms with Gasteiger partial charge in [-0.3, -0.25) is 0 Å². The van der Waals surface area contributed by atoms with Crippen molar-refractivity contribution in [3.8, 4) is 23.7 Å². The Labute approximate surface area is 244 Å². The summed E-state index contributed by atoms with van der Waals surface area (Å²) in [6.45, 7) is 0. The van der Waals surface area contributed by atoms with E-state index in [-0.39, 0.29) is 48.8 Å². The fraction of sp³-hybridized carbons (Fsp3) is 0. The van der Waals surface area contributed by atoms with Crippen LogP contribution in [0, 0.1) is 23.7 Å². The van der Waals surface area contributed by atoms with Gasteiger partial charge in [0.15, 0.2) is 0 Å². The molecular weight excluding hydrogens is 462 g/mol. The number of aromatic carboxylic acids is 2. The van der Waals surface area contributed by atoms with Crippen molar-refractivity contribution in [2.24, 2.45) is 0 Å². The number of carbonyl (C=O) groups excluding carboxylic acids is 2. The number of carboxylic acid groups (broad SMARTS) is 2. The Hall–Kier alpha value is -4.13. The van der Waals surface area contributed by atoms with Crippen molar-refractivity contribution in [3.05, 3.63) is 130 Å². The summed E-state index contributed by atoms with van der Waals surface area (Å²) in [5, 5.41) is 25.8. The fourth-order valence-electron chi connectivity index (χ4n) is 4.05. The molecule has 0 amide bonds. The van der Waals surface area contributed by atoms with Crippen molar-refractivity contribution in [1.29, 1.82) is 0 Å². The van der Waals surface area contributed by atoms with Gasteiger partial charge >= 0.3 is 37.7 Å². The molecule has 6 heteroatoms. The molecule has 5 aromatic rings. The Morgan fingerprint density at radius 3 is 1.00 bits per heavy atom. The maximum Gasteiger partial charge on any atom is 1.00 e. The van der Waals surface area contributed by atoms with Crippen LogP contribution in [-0.2, 0) is 0 Å². The molecule has 0 aliphatic rings. The summed E-state index contributed by atoms with van der Waals surface area (Å²) >= 11 is 0. The maximum absolute atomic E-state index is 11.0. The van der Waals surface area contributed by atoms with Gasteiger partial charge < -0.3 is 19.8 Å². The zero-order valence-electron chi connectivity index (χ0n) is 20.9. The maximum atomic E-state index is 11.0. The van der Waals surface area contributed by atoms with Gasteiger partial charge in [0.05, 0.1) is 11.9 Å². The Morgan fingerprint density at radius 1 is 0.447 bits per heavy atom. The van der Waals surface area contributed by atoms with Crippen LogP contribution < -0.4 is 47.9 Å². The van der Waals surface area contributed by atoms with Crippen LogP contribution in [0.3, 0.4) is 0 Å². The average molecular weight is 478 g/mol. The van der Waals surface area contributed by atoms with E-state index >= 15 is 0 Å². The van der Waals surface area contributed by atoms with Crippen molar-refractivity contribution in [3.63, 3.8) is 0 Å². The van der Waals surface area contributed by atoms with E-state index in [1.165, 1.54) is 24.3 Å². The third kappa shape index (κ3) is 5.88. The summed E-state index contributed by atoms with van der Waals surface area (Å²) in [6.07, 6.45) is 0. The fourth-order valence-corrected chi connectivity index (χ4v) is 4.05. The third-order valence-corrected chi connectivity index (χ3v) is 5.84. The van der Waals surface area contributed by atoms with Crippen LogP contribution in [0.1, 0.15) is 43.0 Å². The number of carboxylic acids is 2. The second kappa shape index (κ2) is 12.4. The molecule has 5 aromatic carbocycles. The van der Waals surface area contributed by atoms with Gasteiger partial charge in [0, 0.05) is 22.3 Å². The number of hydrogen-bond donors (Lipinski definition) is 0. The van der Waals surface area contributed by atoms with Crippen LogP contribution in [0.25, 0.3) is 21.5 Å². The minimum Gasteiger partial charge on any atom is -0.545 e. The minimum absolute atomic E-state index is 0. The summed E-state index contributed by atoms with van der Waals surface area (Å²) in [5.74, 6) is 10.4. The van der Waals surface area contributed by atoms with E-state index in [2.05, 4.69) is 23.7 Å². The molecule has 0 saturated carbocycles. The molecule has 0 bridgehead atoms. The molecule has 0 aromatic heterocycles. The zero-order chi connectivity index (χ0) is 25.1. The van der Waals surface area contributed by atoms with Crippen LogP contribution in [0.2, 0.25) is 0 Å². The second-order valence-corrected chi connectivity index (χ2v) is 8.07. The summed E-state index contributed by atoms with van der Waals surface area (Å²) in [4.78, 5) is 22.0. The molecule has 0 aliphatic carbocycles. The first kappa shape index (κ1) is 28.4. The van der Waals surface area contributed by atoms with Gasteiger partial charge in [0.1, 0.15) is 0 Å². The molecule has 4 nitrogen and oxygen atoms in total. The number of carbonyl (C=O) groups is 2. The normalized spacial score (nSPS) is 9.68. The molecule has 0 radical (unpaired) electrons. The Kier molecular flexibility index (Phi) is 9.29. The van der Waals surface area contributed by atoms with E-state index in [1.54, 1.807) is 24.3 Å². The summed E-state index contributed by atoms with van der Waals surface area (Å²) in [7, 11) is 0. The second-order valence-electron chi connectivity index (χ2n) is 8.07. The van der Waals surface area contributed by atoms with Crippen LogP contribution >= 0.6 is 0 Å². The third-order valence-electron chi connectivity index (χ3n) is 5.84. The van der Waals surface area contributed by atoms with Crippen molar-refractivity contribution in [1.82, 2.24) is 0 Å². The summed E-state index contributed by atoms with van der Waals surface area (Å²) < 4.78 is 0. The molecule has 0 spiro atoms. The van der Waals surface area contributed by atoms with Gasteiger partial charge in [-0.05, 0) is 56.9 Å². The van der Waals surface area contributed by atoms with Gasteiger partial charge in [0.2, 0.25) is 0 Å². The van der Waals surface area contributed by atoms with Crippen LogP contribution in [0.15, 0.2) is 97.1 Å². The first-order valence-electron chi connectivity index (χ1n) is 11.1. The number of fused-ring (bicyclic) bond motifs is 2. The average Bonchev–Trinajstić information content (AvgIpc) is 2.91. The molecule has 170 valence electrons. The van der Waals surface area contributed by atoms with E-state index in [0.29, 0.717) is 11.1 Å². The van der Waals surface area contributed by atoms with Crippen LogP contribution in [0.4, 0.5) is 0 Å². The molecular formula is C32H16Li2O4. The van der Waals surface area contributed by atoms with Gasteiger partial charge in [-0.25, -0.2) is 0 Å². The summed E-state index contributed by atoms with van der Waals surface area (Å²) in [6, 6.07) is 28.4. The van der Waals surface area contributed by atoms with Crippen molar-refractivity contribution in [2.45, 2.75) is 0 Å². The first-order valence-corrected chi connectivity index (χ1v) is 11.1. The van der Waals surface area contributed by atoms with Crippen LogP contribution in [0.5, 0.6) is 0 Å². The quantitative estimate of drug-likeness (QED) is 0.160. The number of hydrogen-bond acceptors (Lipinski definition) is 4. The summed E-state index contributed by atoms with van der Waals surface area (Å²) in [5.41, 5.74) is 3.31. The van der Waals surface area contributed by atoms with E-state index in [0.717, 1.165) is 32.7 Å². The molecule has 5 rings (SSSR count). The van der Waals surface area contributed by atoms with Crippen molar-refractivity contribution < 1.29 is 57.5 Å². The molecule has 0 heterocycles. The van der Waals surface area contributed by atoms with E-state index in [1.807, 2.05) is 48.5 Å². The molecule has 0 atom stereocenters. The van der Waals surface area contributed by atoms with Crippen molar-refractivity contribution in [2.75, 3.05) is 0 Å². The van der Waals surface area contributed by atoms with Gasteiger partial charge in [-0.15, -0.1) is 0 Å². The predicted molar refractivity (Wildman–Crippen MR) is 135 cm³/mol. The van der Waals surface area contributed by atoms with Crippen LogP contribution in [-0.4, -0.2) is 11.9 Å². The molecule has 0 N–H and O–H groups in total. The minimum atomic E-state index is -1.22. The largest absolute Gasteiger partial charge is 1.00 e.